The van der Waals surface area contributed by atoms with Crippen molar-refractivity contribution < 1.29 is 25.8 Å². The molecule has 12 rings (SSSR count). The number of para-hydroxylation sites is 3. The predicted molar refractivity (Wildman–Crippen MR) is 329 cm³/mol. The normalized spacial score (nSPS) is 13.1. The van der Waals surface area contributed by atoms with Crippen LogP contribution in [0.4, 0.5) is 28.4 Å². The Kier molecular flexibility index (Phi) is 13.3. The number of nitrogens with zero attached hydrogens (tertiary/aromatic N) is 5. The maximum absolute atomic E-state index is 7.99. The topological polar surface area (TPSA) is 37.9 Å². The molecule has 6 nitrogen and oxygen atoms in total. The molecule has 0 bridgehead atoms. The van der Waals surface area contributed by atoms with Crippen molar-refractivity contribution in [2.24, 2.45) is 0 Å². The summed E-state index contributed by atoms with van der Waals surface area (Å²) >= 11 is 1.68. The molecule has 0 N–H and O–H groups in total. The van der Waals surface area contributed by atoms with Crippen molar-refractivity contribution >= 4 is 81.8 Å². The van der Waals surface area contributed by atoms with E-state index in [1.807, 2.05) is 24.4 Å². The molecule has 0 aliphatic carbocycles. The second-order valence-electron chi connectivity index (χ2n) is 24.9. The summed E-state index contributed by atoms with van der Waals surface area (Å²) in [5, 5.41) is 4.37. The van der Waals surface area contributed by atoms with E-state index in [4.69, 9.17) is 16.3 Å². The van der Waals surface area contributed by atoms with Crippen molar-refractivity contribution in [1.29, 1.82) is 0 Å². The molecule has 0 saturated heterocycles. The van der Waals surface area contributed by atoms with Crippen LogP contribution in [0, 0.1) is 25.4 Å². The van der Waals surface area contributed by atoms with E-state index in [1.54, 1.807) is 11.3 Å². The molecule has 0 fully saturated rings. The number of anilines is 4. The van der Waals surface area contributed by atoms with Crippen LogP contribution in [0.5, 0.6) is 11.5 Å². The van der Waals surface area contributed by atoms with Crippen LogP contribution >= 0.6 is 11.3 Å². The molecule has 79 heavy (non-hydrogen) atoms. The standard InChI is InChI=1S/C71H64N5OS.Pt/c1-68(2,3)46-28-24-44(25-29-46)53-18-16-19-54(45-26-30-47(31-27-45)69(4,5)6)65(53)75-43-74(59-22-14-15-23-60(59)75)50-38-49(71(10,11)12)39-52(41-50)77-51-32-33-57-62(42-51)76(63-40-48(36-37-73-63)70(7,8)9)61-35-34-56-55-20-17-21-58(72-13)66(55)78-67(56)64(57)61;/h14-40,43H,1-12H3;/q-3;. The van der Waals surface area contributed by atoms with Crippen LogP contribution < -0.4 is 14.5 Å². The van der Waals surface area contributed by atoms with E-state index in [-0.39, 0.29) is 42.7 Å². The van der Waals surface area contributed by atoms with Gasteiger partial charge in [-0.1, -0.05) is 192 Å². The number of hydrogen-bond acceptors (Lipinski definition) is 5. The van der Waals surface area contributed by atoms with E-state index >= 15 is 0 Å². The Bertz CT molecular complexity index is 4130. The minimum atomic E-state index is -0.230. The van der Waals surface area contributed by atoms with Gasteiger partial charge in [0.25, 0.3) is 0 Å². The fraction of sp³-hybridized carbons (Fsp3) is 0.225. The number of rotatable bonds is 7. The average molecular weight is 1230 g/mol. The smallest absolute Gasteiger partial charge is 0.204 e. The molecule has 0 radical (unpaired) electrons. The summed E-state index contributed by atoms with van der Waals surface area (Å²) in [7, 11) is 0. The fourth-order valence-corrected chi connectivity index (χ4v) is 12.3. The number of benzene rings is 8. The minimum absolute atomic E-state index is 0. The van der Waals surface area contributed by atoms with Gasteiger partial charge in [-0.3, -0.25) is 0 Å². The predicted octanol–water partition coefficient (Wildman–Crippen LogP) is 20.4. The van der Waals surface area contributed by atoms with Gasteiger partial charge in [-0.2, -0.15) is 6.07 Å². The molecular weight excluding hydrogens is 1170 g/mol. The van der Waals surface area contributed by atoms with Crippen LogP contribution in [0.1, 0.15) is 105 Å². The minimum Gasteiger partial charge on any atom is -0.509 e. The molecule has 1 aliphatic rings. The summed E-state index contributed by atoms with van der Waals surface area (Å²) in [5.74, 6) is 1.96. The molecule has 398 valence electrons. The fourth-order valence-electron chi connectivity index (χ4n) is 11.0. The van der Waals surface area contributed by atoms with Crippen LogP contribution in [-0.2, 0) is 42.7 Å². The van der Waals surface area contributed by atoms with Gasteiger partial charge in [0.15, 0.2) is 0 Å². The quantitative estimate of drug-likeness (QED) is 0.149. The summed E-state index contributed by atoms with van der Waals surface area (Å²) < 4.78 is 11.4. The Morgan fingerprint density at radius 1 is 0.532 bits per heavy atom. The monoisotopic (exact) mass is 1230 g/mol. The summed E-state index contributed by atoms with van der Waals surface area (Å²) in [6.07, 6.45) is 1.91. The first-order valence-corrected chi connectivity index (χ1v) is 27.8. The van der Waals surface area contributed by atoms with Gasteiger partial charge < -0.3 is 19.1 Å². The van der Waals surface area contributed by atoms with E-state index < -0.39 is 0 Å². The molecule has 8 heteroatoms. The number of ether oxygens (including phenoxy) is 1. The Morgan fingerprint density at radius 2 is 1.11 bits per heavy atom. The number of aromatic nitrogens is 2. The van der Waals surface area contributed by atoms with E-state index in [1.165, 1.54) is 16.7 Å². The Labute approximate surface area is 484 Å². The second kappa shape index (κ2) is 19.7. The molecule has 4 heterocycles. The van der Waals surface area contributed by atoms with Gasteiger partial charge in [0.05, 0.1) is 6.57 Å². The van der Waals surface area contributed by atoms with Crippen molar-refractivity contribution in [1.82, 2.24) is 9.55 Å². The first kappa shape index (κ1) is 53.5. The van der Waals surface area contributed by atoms with Gasteiger partial charge >= 0.3 is 0 Å². The second-order valence-corrected chi connectivity index (χ2v) is 26.0. The number of thiophene rings is 1. The summed E-state index contributed by atoms with van der Waals surface area (Å²) in [5.41, 5.74) is 15.8. The number of fused-ring (bicyclic) bond motifs is 8. The van der Waals surface area contributed by atoms with Crippen LogP contribution in [0.25, 0.3) is 74.9 Å². The Morgan fingerprint density at radius 3 is 1.72 bits per heavy atom. The van der Waals surface area contributed by atoms with Gasteiger partial charge in [-0.05, 0) is 96.0 Å². The van der Waals surface area contributed by atoms with E-state index in [0.29, 0.717) is 17.2 Å². The molecule has 0 spiro atoms. The summed E-state index contributed by atoms with van der Waals surface area (Å²) in [4.78, 5) is 13.6. The van der Waals surface area contributed by atoms with Crippen LogP contribution in [0.15, 0.2) is 164 Å². The van der Waals surface area contributed by atoms with Crippen LogP contribution in [-0.4, -0.2) is 9.55 Å². The molecule has 0 atom stereocenters. The first-order chi connectivity index (χ1) is 37.1. The first-order valence-electron chi connectivity index (χ1n) is 27.0. The zero-order valence-electron chi connectivity index (χ0n) is 47.0. The molecular formula is C71H64N5OPtS-3. The van der Waals surface area contributed by atoms with Crippen molar-refractivity contribution in [3.05, 3.63) is 216 Å². The maximum Gasteiger partial charge on any atom is 0.204 e. The molecule has 8 aromatic carbocycles. The van der Waals surface area contributed by atoms with Gasteiger partial charge in [0.1, 0.15) is 5.82 Å². The summed E-state index contributed by atoms with van der Waals surface area (Å²) in [6.45, 7) is 37.2. The molecule has 1 aliphatic heterocycles. The third-order valence-electron chi connectivity index (χ3n) is 15.4. The van der Waals surface area contributed by atoms with Crippen molar-refractivity contribution in [2.45, 2.75) is 105 Å². The third kappa shape index (κ3) is 9.62. The van der Waals surface area contributed by atoms with Crippen molar-refractivity contribution in [2.75, 3.05) is 9.80 Å². The van der Waals surface area contributed by atoms with Gasteiger partial charge in [0, 0.05) is 81.9 Å². The zero-order chi connectivity index (χ0) is 54.6. The Balaban J connectivity index is 0.00000660. The number of pyridine rings is 1. The van der Waals surface area contributed by atoms with E-state index in [2.05, 4.69) is 261 Å². The maximum atomic E-state index is 7.99. The molecule has 0 amide bonds. The van der Waals surface area contributed by atoms with Crippen LogP contribution in [0.2, 0.25) is 0 Å². The Hall–Kier alpha value is -7.49. The SMILES string of the molecule is [C-]#[N+]c1cccc2c1sc1c2ccc2c1c1ccc(Oc3[c-]c(N4[CH-]N(c5c(-c6ccc(C(C)(C)C)cc6)cccc5-c5ccc(C(C)(C)C)cc5)c5ccccc54)cc(C(C)(C)C)c3)[c-]c1n2-c1cc(C(C)(C)C)ccn1.[Pt]. The van der Waals surface area contributed by atoms with E-state index in [9.17, 15) is 0 Å². The van der Waals surface area contributed by atoms with Crippen molar-refractivity contribution in [3.63, 3.8) is 0 Å². The summed E-state index contributed by atoms with van der Waals surface area (Å²) in [6, 6.07) is 64.4. The number of hydrogen-bond donors (Lipinski definition) is 0. The van der Waals surface area contributed by atoms with Gasteiger partial charge in [0.2, 0.25) is 5.69 Å². The molecule has 0 saturated carbocycles. The average Bonchev–Trinajstić information content (AvgIpc) is 4.13. The molecule has 3 aromatic heterocycles. The molecule has 11 aromatic rings. The van der Waals surface area contributed by atoms with E-state index in [0.717, 1.165) is 98.4 Å². The molecule has 0 unspecified atom stereocenters. The van der Waals surface area contributed by atoms with Gasteiger partial charge in [-0.15, -0.1) is 65.0 Å². The zero-order valence-corrected chi connectivity index (χ0v) is 50.1. The third-order valence-corrected chi connectivity index (χ3v) is 16.7. The van der Waals surface area contributed by atoms with Crippen molar-refractivity contribution in [3.8, 4) is 39.6 Å². The van der Waals surface area contributed by atoms with Gasteiger partial charge in [-0.25, -0.2) is 9.83 Å². The van der Waals surface area contributed by atoms with Crippen LogP contribution in [0.3, 0.4) is 0 Å². The largest absolute Gasteiger partial charge is 0.509 e.